The first-order valence-electron chi connectivity index (χ1n) is 10.8. The molecule has 0 amide bonds. The largest absolute Gasteiger partial charge is 0.374 e. The standard InChI is InChI=1S/C28H23N5/c29-32-31-28(25-17-9-3-10-18-25)27(23-13-5-1-6-14-23,24-15-7-2-8-16-24)30-21-22-33(28)26-19-11-4-12-20-26/h1-22,30H. The summed E-state index contributed by atoms with van der Waals surface area (Å²) in [4.78, 5) is 5.51. The molecule has 4 aromatic carbocycles. The minimum atomic E-state index is -1.19. The second-order valence-corrected chi connectivity index (χ2v) is 7.88. The molecule has 5 rings (SSSR count). The molecule has 1 N–H and O–H groups in total. The van der Waals surface area contributed by atoms with Crippen molar-refractivity contribution in [2.24, 2.45) is 5.11 Å². The third-order valence-electron chi connectivity index (χ3n) is 6.21. The first-order valence-corrected chi connectivity index (χ1v) is 10.8. The van der Waals surface area contributed by atoms with Crippen LogP contribution in [0, 0.1) is 0 Å². The van der Waals surface area contributed by atoms with Gasteiger partial charge < -0.3 is 10.2 Å². The number of benzene rings is 4. The molecule has 0 bridgehead atoms. The van der Waals surface area contributed by atoms with Crippen LogP contribution in [0.15, 0.2) is 139 Å². The van der Waals surface area contributed by atoms with Gasteiger partial charge in [-0.05, 0) is 34.4 Å². The molecule has 0 saturated heterocycles. The van der Waals surface area contributed by atoms with Crippen LogP contribution < -0.4 is 10.2 Å². The Morgan fingerprint density at radius 3 is 1.58 bits per heavy atom. The van der Waals surface area contributed by atoms with Crippen molar-refractivity contribution in [2.75, 3.05) is 4.90 Å². The molecule has 5 heteroatoms. The van der Waals surface area contributed by atoms with E-state index in [9.17, 15) is 5.53 Å². The normalized spacial score (nSPS) is 18.7. The van der Waals surface area contributed by atoms with E-state index in [1.165, 1.54) is 0 Å². The van der Waals surface area contributed by atoms with E-state index in [2.05, 4.69) is 44.5 Å². The predicted molar refractivity (Wildman–Crippen MR) is 132 cm³/mol. The summed E-state index contributed by atoms with van der Waals surface area (Å²) in [7, 11) is 0. The quantitative estimate of drug-likeness (QED) is 0.219. The number of nitrogens with one attached hydrogen (secondary N) is 1. The van der Waals surface area contributed by atoms with E-state index >= 15 is 0 Å². The molecule has 5 nitrogen and oxygen atoms in total. The Morgan fingerprint density at radius 2 is 1.09 bits per heavy atom. The van der Waals surface area contributed by atoms with E-state index in [0.29, 0.717) is 0 Å². The Hall–Kier alpha value is -4.47. The zero-order valence-corrected chi connectivity index (χ0v) is 18.0. The van der Waals surface area contributed by atoms with E-state index in [0.717, 1.165) is 22.4 Å². The zero-order valence-electron chi connectivity index (χ0n) is 18.0. The molecular formula is C28H23N5. The molecule has 0 fully saturated rings. The van der Waals surface area contributed by atoms with Crippen LogP contribution in [-0.4, -0.2) is 0 Å². The first-order chi connectivity index (χ1) is 16.3. The molecule has 1 heterocycles. The Bertz CT molecular complexity index is 1240. The van der Waals surface area contributed by atoms with Crippen molar-refractivity contribution in [3.8, 4) is 0 Å². The molecule has 1 aliphatic heterocycles. The second kappa shape index (κ2) is 8.58. The van der Waals surface area contributed by atoms with Crippen LogP contribution in [0.5, 0.6) is 0 Å². The molecule has 33 heavy (non-hydrogen) atoms. The molecule has 1 aliphatic rings. The maximum atomic E-state index is 10.0. The molecule has 1 unspecified atom stereocenters. The lowest BCUT2D eigenvalue weighted by Crippen LogP contribution is -2.66. The van der Waals surface area contributed by atoms with Crippen molar-refractivity contribution in [3.63, 3.8) is 0 Å². The van der Waals surface area contributed by atoms with Crippen molar-refractivity contribution in [2.45, 2.75) is 11.2 Å². The number of nitrogens with zero attached hydrogens (tertiary/aromatic N) is 4. The topological polar surface area (TPSA) is 64.0 Å². The summed E-state index contributed by atoms with van der Waals surface area (Å²) < 4.78 is 0. The van der Waals surface area contributed by atoms with Gasteiger partial charge >= 0.3 is 0 Å². The van der Waals surface area contributed by atoms with Crippen molar-refractivity contribution in [1.29, 1.82) is 0 Å². The van der Waals surface area contributed by atoms with Crippen LogP contribution in [0.2, 0.25) is 0 Å². The summed E-state index contributed by atoms with van der Waals surface area (Å²) in [5, 5.41) is 8.29. The lowest BCUT2D eigenvalue weighted by Gasteiger charge is -2.56. The highest BCUT2D eigenvalue weighted by atomic mass is 15.4. The summed E-state index contributed by atoms with van der Waals surface area (Å²) in [6.07, 6.45) is 3.88. The fraction of sp³-hybridized carbons (Fsp3) is 0.0714. The molecule has 4 aromatic rings. The summed E-state index contributed by atoms with van der Waals surface area (Å²) in [6.45, 7) is 0. The predicted octanol–water partition coefficient (Wildman–Crippen LogP) is 6.67. The summed E-state index contributed by atoms with van der Waals surface area (Å²) in [5.74, 6) is 0. The average molecular weight is 430 g/mol. The van der Waals surface area contributed by atoms with Gasteiger partial charge in [0.15, 0.2) is 5.66 Å². The van der Waals surface area contributed by atoms with Crippen LogP contribution in [0.4, 0.5) is 5.69 Å². The molecule has 160 valence electrons. The van der Waals surface area contributed by atoms with Gasteiger partial charge in [0.25, 0.3) is 0 Å². The third kappa shape index (κ3) is 3.15. The molecule has 1 atom stereocenters. The third-order valence-corrected chi connectivity index (χ3v) is 6.21. The molecule has 0 aliphatic carbocycles. The highest BCUT2D eigenvalue weighted by molar-refractivity contribution is 5.62. The molecule has 0 radical (unpaired) electrons. The van der Waals surface area contributed by atoms with E-state index in [1.54, 1.807) is 0 Å². The van der Waals surface area contributed by atoms with E-state index in [4.69, 9.17) is 0 Å². The number of para-hydroxylation sites is 1. The van der Waals surface area contributed by atoms with Gasteiger partial charge in [0.1, 0.15) is 5.54 Å². The fourth-order valence-electron chi connectivity index (χ4n) is 4.87. The van der Waals surface area contributed by atoms with Crippen LogP contribution in [0.1, 0.15) is 16.7 Å². The van der Waals surface area contributed by atoms with Crippen molar-refractivity contribution in [1.82, 2.24) is 5.32 Å². The minimum absolute atomic E-state index is 0.871. The lowest BCUT2D eigenvalue weighted by molar-refractivity contribution is 0.222. The maximum absolute atomic E-state index is 10.0. The minimum Gasteiger partial charge on any atom is -0.374 e. The van der Waals surface area contributed by atoms with E-state index in [-0.39, 0.29) is 0 Å². The second-order valence-electron chi connectivity index (χ2n) is 7.88. The summed E-state index contributed by atoms with van der Waals surface area (Å²) >= 11 is 0. The van der Waals surface area contributed by atoms with Crippen molar-refractivity contribution < 1.29 is 0 Å². The highest BCUT2D eigenvalue weighted by Gasteiger charge is 2.59. The Kier molecular flexibility index (Phi) is 5.31. The SMILES string of the molecule is [N-]=[N+]=NC1(c2ccccc2)N(c2ccccc2)C=CNC1(c1ccccc1)c1ccccc1. The molecular weight excluding hydrogens is 406 g/mol. The van der Waals surface area contributed by atoms with Crippen molar-refractivity contribution in [3.05, 3.63) is 161 Å². The Morgan fingerprint density at radius 1 is 0.636 bits per heavy atom. The smallest absolute Gasteiger partial charge is 0.180 e. The number of hydrogen-bond acceptors (Lipinski definition) is 3. The average Bonchev–Trinajstić information content (AvgIpc) is 2.91. The van der Waals surface area contributed by atoms with Gasteiger partial charge in [-0.15, -0.1) is 0 Å². The number of azide groups is 1. The van der Waals surface area contributed by atoms with Gasteiger partial charge in [0.05, 0.1) is 0 Å². The monoisotopic (exact) mass is 429 g/mol. The fourth-order valence-corrected chi connectivity index (χ4v) is 4.87. The zero-order chi connectivity index (χ0) is 22.6. The molecule has 0 aromatic heterocycles. The summed E-state index contributed by atoms with van der Waals surface area (Å²) in [6, 6.07) is 40.3. The Balaban J connectivity index is 1.96. The van der Waals surface area contributed by atoms with Gasteiger partial charge in [-0.3, -0.25) is 0 Å². The van der Waals surface area contributed by atoms with Gasteiger partial charge in [-0.2, -0.15) is 0 Å². The highest BCUT2D eigenvalue weighted by Crippen LogP contribution is 2.53. The molecule has 0 saturated carbocycles. The van der Waals surface area contributed by atoms with Crippen LogP contribution in [0.3, 0.4) is 0 Å². The molecule has 0 spiro atoms. The number of rotatable bonds is 5. The first kappa shape index (κ1) is 20.4. The van der Waals surface area contributed by atoms with E-state index < -0.39 is 11.2 Å². The van der Waals surface area contributed by atoms with Crippen LogP contribution >= 0.6 is 0 Å². The van der Waals surface area contributed by atoms with E-state index in [1.807, 2.05) is 109 Å². The van der Waals surface area contributed by atoms with Gasteiger partial charge in [-0.25, -0.2) is 0 Å². The summed E-state index contributed by atoms with van der Waals surface area (Å²) in [5.41, 5.74) is 11.7. The Labute approximate surface area is 193 Å². The van der Waals surface area contributed by atoms with Gasteiger partial charge in [0, 0.05) is 23.0 Å². The van der Waals surface area contributed by atoms with Crippen molar-refractivity contribution >= 4 is 5.69 Å². The van der Waals surface area contributed by atoms with Crippen LogP contribution in [-0.2, 0) is 11.2 Å². The van der Waals surface area contributed by atoms with Gasteiger partial charge in [-0.1, -0.05) is 114 Å². The van der Waals surface area contributed by atoms with Gasteiger partial charge in [0.2, 0.25) is 0 Å². The lowest BCUT2D eigenvalue weighted by atomic mass is 9.68. The maximum Gasteiger partial charge on any atom is 0.180 e. The number of anilines is 1. The number of hydrogen-bond donors (Lipinski definition) is 1. The van der Waals surface area contributed by atoms with Crippen LogP contribution in [0.25, 0.3) is 10.4 Å².